The maximum Gasteiger partial charge on any atom is 0.226 e. The molecular weight excluding hydrogens is 425 g/mol. The Labute approximate surface area is 160 Å². The van der Waals surface area contributed by atoms with Gasteiger partial charge >= 0.3 is 0 Å². The lowest BCUT2D eigenvalue weighted by Crippen LogP contribution is -2.20. The summed E-state index contributed by atoms with van der Waals surface area (Å²) in [5, 5.41) is 7.78. The Bertz CT molecular complexity index is 910. The second-order valence-corrected chi connectivity index (χ2v) is 7.42. The number of nitrogens with one attached hydrogen (secondary N) is 1. The van der Waals surface area contributed by atoms with Gasteiger partial charge in [-0.05, 0) is 64.1 Å². The summed E-state index contributed by atoms with van der Waals surface area (Å²) in [6.07, 6.45) is 3.79. The van der Waals surface area contributed by atoms with Crippen molar-refractivity contribution >= 4 is 39.9 Å². The first-order valence-electron chi connectivity index (χ1n) is 8.03. The number of rotatable bonds is 3. The number of anilines is 2. The molecule has 0 saturated carbocycles. The minimum absolute atomic E-state index is 0.0178. The molecule has 1 atom stereocenters. The van der Waals surface area contributed by atoms with E-state index < -0.39 is 0 Å². The first-order chi connectivity index (χ1) is 12.1. The van der Waals surface area contributed by atoms with Crippen LogP contribution in [0.5, 0.6) is 0 Å². The van der Waals surface area contributed by atoms with Crippen LogP contribution in [-0.4, -0.2) is 28.9 Å². The molecule has 0 unspecified atom stereocenters. The molecule has 0 radical (unpaired) electrons. The highest BCUT2D eigenvalue weighted by Gasteiger charge is 2.23. The van der Waals surface area contributed by atoms with Gasteiger partial charge in [-0.2, -0.15) is 10.1 Å². The fourth-order valence-corrected chi connectivity index (χ4v) is 3.30. The van der Waals surface area contributed by atoms with Gasteiger partial charge in [0, 0.05) is 29.0 Å². The molecule has 126 valence electrons. The fraction of sp³-hybridized carbons (Fsp3) is 0.158. The molecule has 5 nitrogen and oxygen atoms in total. The summed E-state index contributed by atoms with van der Waals surface area (Å²) in [5.41, 5.74) is 4.56. The minimum atomic E-state index is 0.0178. The Balaban J connectivity index is 1.75. The monoisotopic (exact) mass is 443 g/mol. The molecule has 0 saturated heterocycles. The van der Waals surface area contributed by atoms with Gasteiger partial charge in [-0.15, -0.1) is 0 Å². The van der Waals surface area contributed by atoms with Crippen molar-refractivity contribution in [1.82, 2.24) is 14.8 Å². The quantitative estimate of drug-likeness (QED) is 0.622. The van der Waals surface area contributed by atoms with E-state index in [4.69, 9.17) is 0 Å². The molecule has 0 spiro atoms. The average molecular weight is 443 g/mol. The second kappa shape index (κ2) is 6.51. The molecule has 1 aromatic heterocycles. The highest BCUT2D eigenvalue weighted by Crippen LogP contribution is 2.32. The van der Waals surface area contributed by atoms with Gasteiger partial charge in [0.25, 0.3) is 0 Å². The Morgan fingerprint density at radius 1 is 1.04 bits per heavy atom. The predicted molar refractivity (Wildman–Crippen MR) is 110 cm³/mol. The van der Waals surface area contributed by atoms with Crippen molar-refractivity contribution in [2.24, 2.45) is 0 Å². The number of benzene rings is 2. The average Bonchev–Trinajstić information content (AvgIpc) is 3.10. The Morgan fingerprint density at radius 3 is 2.44 bits per heavy atom. The molecule has 0 fully saturated rings. The van der Waals surface area contributed by atoms with Crippen LogP contribution in [0.3, 0.4) is 0 Å². The van der Waals surface area contributed by atoms with Crippen molar-refractivity contribution in [1.29, 1.82) is 0 Å². The van der Waals surface area contributed by atoms with Crippen LogP contribution in [0.2, 0.25) is 0 Å². The van der Waals surface area contributed by atoms with Gasteiger partial charge < -0.3 is 10.2 Å². The number of nitrogens with zero attached hydrogens (tertiary/aromatic N) is 4. The molecule has 6 heteroatoms. The summed E-state index contributed by atoms with van der Waals surface area (Å²) in [5.74, 6) is 0.762. The molecule has 0 aliphatic carbocycles. The van der Waals surface area contributed by atoms with E-state index in [0.29, 0.717) is 0 Å². The molecule has 1 N–H and O–H groups in total. The Hall–Kier alpha value is -2.35. The summed E-state index contributed by atoms with van der Waals surface area (Å²) in [7, 11) is 4.09. The molecule has 2 heterocycles. The fourth-order valence-electron chi connectivity index (χ4n) is 2.94. The van der Waals surface area contributed by atoms with Crippen LogP contribution in [0.4, 0.5) is 11.6 Å². The van der Waals surface area contributed by atoms with Gasteiger partial charge in [-0.25, -0.2) is 4.68 Å². The molecule has 1 aliphatic rings. The van der Waals surface area contributed by atoms with Crippen molar-refractivity contribution < 1.29 is 0 Å². The number of hydrogen-bond donors (Lipinski definition) is 1. The first kappa shape index (κ1) is 16.1. The van der Waals surface area contributed by atoms with Gasteiger partial charge in [0.05, 0.1) is 0 Å². The molecule has 3 aromatic rings. The van der Waals surface area contributed by atoms with Crippen LogP contribution in [0.15, 0.2) is 60.9 Å². The maximum absolute atomic E-state index is 4.40. The number of allylic oxidation sites excluding steroid dienone is 1. The molecular formula is C19H18IN5. The summed E-state index contributed by atoms with van der Waals surface area (Å²) < 4.78 is 3.14. The lowest BCUT2D eigenvalue weighted by molar-refractivity contribution is 0.612. The van der Waals surface area contributed by atoms with Gasteiger partial charge in [-0.1, -0.05) is 24.3 Å². The van der Waals surface area contributed by atoms with Crippen molar-refractivity contribution in [3.63, 3.8) is 0 Å². The highest BCUT2D eigenvalue weighted by atomic mass is 127. The third kappa shape index (κ3) is 3.13. The summed E-state index contributed by atoms with van der Waals surface area (Å²) >= 11 is 2.32. The van der Waals surface area contributed by atoms with E-state index in [9.17, 15) is 0 Å². The Morgan fingerprint density at radius 2 is 1.76 bits per heavy atom. The van der Waals surface area contributed by atoms with Crippen molar-refractivity contribution in [3.8, 4) is 0 Å². The zero-order valence-corrected chi connectivity index (χ0v) is 16.2. The number of hydrogen-bond acceptors (Lipinski definition) is 4. The zero-order valence-electron chi connectivity index (χ0n) is 14.0. The van der Waals surface area contributed by atoms with E-state index in [0.717, 1.165) is 17.2 Å². The third-order valence-electron chi connectivity index (χ3n) is 4.31. The van der Waals surface area contributed by atoms with Gasteiger partial charge in [0.1, 0.15) is 12.4 Å². The van der Waals surface area contributed by atoms with Crippen LogP contribution >= 0.6 is 22.6 Å². The van der Waals surface area contributed by atoms with E-state index in [1.165, 1.54) is 14.8 Å². The number of fused-ring (bicyclic) bond motifs is 1. The normalized spacial score (nSPS) is 16.0. The molecule has 0 amide bonds. The third-order valence-corrected chi connectivity index (χ3v) is 5.03. The maximum atomic E-state index is 4.40. The smallest absolute Gasteiger partial charge is 0.226 e. The van der Waals surface area contributed by atoms with Crippen molar-refractivity contribution in [3.05, 3.63) is 75.6 Å². The van der Waals surface area contributed by atoms with E-state index in [1.54, 1.807) is 6.33 Å². The van der Waals surface area contributed by atoms with E-state index in [-0.39, 0.29) is 6.04 Å². The minimum Gasteiger partial charge on any atom is -0.378 e. The standard InChI is InChI=1S/C19H18IN5/c1-24(2)16-9-5-14(6-10-16)18-11-17(13-3-7-15(20)8-4-13)23-19-21-12-22-25(18)19/h3-12,18H,1-2H3,(H,21,22,23)/t18-/m0/s1. The van der Waals surface area contributed by atoms with E-state index in [2.05, 4.69) is 97.5 Å². The lowest BCUT2D eigenvalue weighted by Gasteiger charge is -2.25. The summed E-state index contributed by atoms with van der Waals surface area (Å²) in [6, 6.07) is 17.1. The van der Waals surface area contributed by atoms with Crippen molar-refractivity contribution in [2.75, 3.05) is 24.3 Å². The van der Waals surface area contributed by atoms with Crippen LogP contribution < -0.4 is 10.2 Å². The molecule has 4 rings (SSSR count). The molecule has 25 heavy (non-hydrogen) atoms. The van der Waals surface area contributed by atoms with Gasteiger partial charge in [-0.3, -0.25) is 0 Å². The zero-order chi connectivity index (χ0) is 17.4. The van der Waals surface area contributed by atoms with Crippen LogP contribution in [0.25, 0.3) is 5.70 Å². The second-order valence-electron chi connectivity index (χ2n) is 6.17. The van der Waals surface area contributed by atoms with E-state index in [1.807, 2.05) is 18.8 Å². The lowest BCUT2D eigenvalue weighted by atomic mass is 10.0. The highest BCUT2D eigenvalue weighted by molar-refractivity contribution is 14.1. The van der Waals surface area contributed by atoms with Crippen LogP contribution in [0.1, 0.15) is 17.2 Å². The largest absolute Gasteiger partial charge is 0.378 e. The van der Waals surface area contributed by atoms with E-state index >= 15 is 0 Å². The van der Waals surface area contributed by atoms with Gasteiger partial charge in [0.2, 0.25) is 5.95 Å². The van der Waals surface area contributed by atoms with Gasteiger partial charge in [0.15, 0.2) is 0 Å². The topological polar surface area (TPSA) is 46.0 Å². The molecule has 1 aliphatic heterocycles. The Kier molecular flexibility index (Phi) is 4.20. The SMILES string of the molecule is CN(C)c1ccc([C@@H]2C=C(c3ccc(I)cc3)Nc3ncnn32)cc1. The predicted octanol–water partition coefficient (Wildman–Crippen LogP) is 4.00. The number of halogens is 1. The van der Waals surface area contributed by atoms with Crippen LogP contribution in [-0.2, 0) is 0 Å². The summed E-state index contributed by atoms with van der Waals surface area (Å²) in [4.78, 5) is 6.46. The molecule has 0 bridgehead atoms. The first-order valence-corrected chi connectivity index (χ1v) is 9.11. The summed E-state index contributed by atoms with van der Waals surface area (Å²) in [6.45, 7) is 0. The van der Waals surface area contributed by atoms with Crippen LogP contribution in [0, 0.1) is 3.57 Å². The van der Waals surface area contributed by atoms with Crippen molar-refractivity contribution in [2.45, 2.75) is 6.04 Å². The number of aromatic nitrogens is 3. The molecule has 2 aromatic carbocycles.